The lowest BCUT2D eigenvalue weighted by Gasteiger charge is -2.23. The van der Waals surface area contributed by atoms with Crippen molar-refractivity contribution in [2.45, 2.75) is 20.8 Å². The van der Waals surface area contributed by atoms with E-state index in [1.807, 2.05) is 24.0 Å². The third-order valence-corrected chi connectivity index (χ3v) is 4.18. The summed E-state index contributed by atoms with van der Waals surface area (Å²) in [4.78, 5) is 16.6. The minimum atomic E-state index is 0.129. The molecule has 1 aliphatic rings. The molecule has 0 bridgehead atoms. The van der Waals surface area contributed by atoms with E-state index in [1.54, 1.807) is 0 Å². The van der Waals surface area contributed by atoms with Crippen LogP contribution in [0.4, 0.5) is 11.4 Å². The van der Waals surface area contributed by atoms with E-state index < -0.39 is 0 Å². The van der Waals surface area contributed by atoms with E-state index in [-0.39, 0.29) is 5.91 Å². The van der Waals surface area contributed by atoms with Crippen LogP contribution < -0.4 is 9.80 Å². The Balaban J connectivity index is 2.31. The van der Waals surface area contributed by atoms with E-state index >= 15 is 0 Å². The van der Waals surface area contributed by atoms with Crippen LogP contribution in [-0.4, -0.2) is 25.5 Å². The Hall–Kier alpha value is -2.03. The largest absolute Gasteiger partial charge is 0.372 e. The van der Waals surface area contributed by atoms with Gasteiger partial charge in [0.15, 0.2) is 0 Å². The van der Waals surface area contributed by atoms with Gasteiger partial charge < -0.3 is 9.80 Å². The van der Waals surface area contributed by atoms with Crippen LogP contribution in [0.1, 0.15) is 31.1 Å². The molecule has 0 saturated carbocycles. The molecule has 0 N–H and O–H groups in total. The maximum atomic E-state index is 12.4. The van der Waals surface area contributed by atoms with Crippen molar-refractivity contribution in [3.05, 3.63) is 35.9 Å². The molecule has 1 amide bonds. The van der Waals surface area contributed by atoms with Crippen molar-refractivity contribution in [1.82, 2.24) is 0 Å². The lowest BCUT2D eigenvalue weighted by atomic mass is 10.0. The van der Waals surface area contributed by atoms with Crippen molar-refractivity contribution in [1.29, 1.82) is 0 Å². The molecule has 0 radical (unpaired) electrons. The molecular formula is C17H20N2O. The zero-order valence-corrected chi connectivity index (χ0v) is 12.3. The standard InChI is InChI=1S/C17H20N2O/c1-4-18(5-2)14-10-11-15-16-12(14)8-7-9-13(16)17(20)19(15)6-3/h7-11H,4-6H2,1-3H3. The van der Waals surface area contributed by atoms with Crippen molar-refractivity contribution in [2.75, 3.05) is 29.4 Å². The number of benzene rings is 2. The highest BCUT2D eigenvalue weighted by Gasteiger charge is 2.29. The molecule has 0 fully saturated rings. The summed E-state index contributed by atoms with van der Waals surface area (Å²) < 4.78 is 0. The van der Waals surface area contributed by atoms with Gasteiger partial charge in [0.05, 0.1) is 5.69 Å². The van der Waals surface area contributed by atoms with Crippen LogP contribution >= 0.6 is 0 Å². The van der Waals surface area contributed by atoms with Crippen LogP contribution in [0.2, 0.25) is 0 Å². The number of amides is 1. The van der Waals surface area contributed by atoms with Crippen LogP contribution in [0.5, 0.6) is 0 Å². The SMILES string of the molecule is CCN(CC)c1ccc2c3c(cccc13)C(=O)N2CC. The van der Waals surface area contributed by atoms with Crippen LogP contribution in [0.3, 0.4) is 0 Å². The van der Waals surface area contributed by atoms with Gasteiger partial charge in [-0.1, -0.05) is 12.1 Å². The molecule has 1 heterocycles. The molecule has 0 atom stereocenters. The molecular weight excluding hydrogens is 248 g/mol. The van der Waals surface area contributed by atoms with Gasteiger partial charge in [0.2, 0.25) is 0 Å². The van der Waals surface area contributed by atoms with Gasteiger partial charge in [0.1, 0.15) is 0 Å². The first-order valence-corrected chi connectivity index (χ1v) is 7.35. The second-order valence-electron chi connectivity index (χ2n) is 5.05. The van der Waals surface area contributed by atoms with Crippen molar-refractivity contribution < 1.29 is 4.79 Å². The Morgan fingerprint density at radius 1 is 1.05 bits per heavy atom. The number of carbonyl (C=O) groups is 1. The van der Waals surface area contributed by atoms with Crippen molar-refractivity contribution in [3.8, 4) is 0 Å². The first-order valence-electron chi connectivity index (χ1n) is 7.35. The molecule has 1 aliphatic heterocycles. The summed E-state index contributed by atoms with van der Waals surface area (Å²) in [7, 11) is 0. The Morgan fingerprint density at radius 2 is 1.80 bits per heavy atom. The highest BCUT2D eigenvalue weighted by Crippen LogP contribution is 2.41. The first kappa shape index (κ1) is 13.0. The molecule has 0 aliphatic carbocycles. The highest BCUT2D eigenvalue weighted by atomic mass is 16.2. The average Bonchev–Trinajstić information content (AvgIpc) is 2.76. The van der Waals surface area contributed by atoms with Crippen molar-refractivity contribution >= 4 is 28.1 Å². The molecule has 0 saturated heterocycles. The van der Waals surface area contributed by atoms with E-state index in [2.05, 4.69) is 36.9 Å². The van der Waals surface area contributed by atoms with E-state index in [0.29, 0.717) is 6.54 Å². The van der Waals surface area contributed by atoms with E-state index in [1.165, 1.54) is 11.1 Å². The van der Waals surface area contributed by atoms with Crippen LogP contribution in [0.25, 0.3) is 10.8 Å². The van der Waals surface area contributed by atoms with Gasteiger partial charge in [-0.2, -0.15) is 0 Å². The maximum Gasteiger partial charge on any atom is 0.258 e. The summed E-state index contributed by atoms with van der Waals surface area (Å²) in [5, 5.41) is 2.30. The summed E-state index contributed by atoms with van der Waals surface area (Å²) in [6, 6.07) is 10.3. The second-order valence-corrected chi connectivity index (χ2v) is 5.05. The molecule has 2 aromatic carbocycles. The first-order chi connectivity index (χ1) is 9.72. The smallest absolute Gasteiger partial charge is 0.258 e. The Bertz CT molecular complexity index is 674. The maximum absolute atomic E-state index is 12.4. The Morgan fingerprint density at radius 3 is 2.45 bits per heavy atom. The Kier molecular flexibility index (Phi) is 3.13. The number of hydrogen-bond acceptors (Lipinski definition) is 2. The summed E-state index contributed by atoms with van der Waals surface area (Å²) in [5.41, 5.74) is 3.12. The normalized spacial score (nSPS) is 13.3. The summed E-state index contributed by atoms with van der Waals surface area (Å²) >= 11 is 0. The fourth-order valence-corrected chi connectivity index (χ4v) is 3.18. The average molecular weight is 268 g/mol. The fourth-order valence-electron chi connectivity index (χ4n) is 3.18. The van der Waals surface area contributed by atoms with Crippen LogP contribution in [-0.2, 0) is 0 Å². The second kappa shape index (κ2) is 4.82. The molecule has 0 unspecified atom stereocenters. The van der Waals surface area contributed by atoms with Crippen LogP contribution in [0.15, 0.2) is 30.3 Å². The minimum Gasteiger partial charge on any atom is -0.372 e. The Labute approximate surface area is 119 Å². The highest BCUT2D eigenvalue weighted by molar-refractivity contribution is 6.26. The summed E-state index contributed by atoms with van der Waals surface area (Å²) in [6.07, 6.45) is 0. The third-order valence-electron chi connectivity index (χ3n) is 4.18. The molecule has 3 rings (SSSR count). The summed E-state index contributed by atoms with van der Waals surface area (Å²) in [5.74, 6) is 0.129. The van der Waals surface area contributed by atoms with Crippen molar-refractivity contribution in [3.63, 3.8) is 0 Å². The predicted molar refractivity (Wildman–Crippen MR) is 84.9 cm³/mol. The van der Waals surface area contributed by atoms with E-state index in [4.69, 9.17) is 0 Å². The minimum absolute atomic E-state index is 0.129. The molecule has 3 nitrogen and oxygen atoms in total. The van der Waals surface area contributed by atoms with Gasteiger partial charge >= 0.3 is 0 Å². The number of rotatable bonds is 4. The van der Waals surface area contributed by atoms with Gasteiger partial charge in [-0.05, 0) is 39.0 Å². The topological polar surface area (TPSA) is 23.6 Å². The zero-order chi connectivity index (χ0) is 14.3. The van der Waals surface area contributed by atoms with E-state index in [0.717, 1.165) is 29.7 Å². The van der Waals surface area contributed by atoms with Gasteiger partial charge in [0.25, 0.3) is 5.91 Å². The number of carbonyl (C=O) groups excluding carboxylic acids is 1. The molecule has 2 aromatic rings. The van der Waals surface area contributed by atoms with Gasteiger partial charge in [-0.3, -0.25) is 4.79 Å². The molecule has 3 heteroatoms. The quantitative estimate of drug-likeness (QED) is 0.844. The summed E-state index contributed by atoms with van der Waals surface area (Å²) in [6.45, 7) is 9.01. The fraction of sp³-hybridized carbons (Fsp3) is 0.353. The third kappa shape index (κ3) is 1.62. The number of anilines is 2. The molecule has 0 aromatic heterocycles. The zero-order valence-electron chi connectivity index (χ0n) is 12.3. The molecule has 20 heavy (non-hydrogen) atoms. The van der Waals surface area contributed by atoms with Gasteiger partial charge in [-0.15, -0.1) is 0 Å². The van der Waals surface area contributed by atoms with Gasteiger partial charge in [0, 0.05) is 41.7 Å². The number of hydrogen-bond donors (Lipinski definition) is 0. The molecule has 0 spiro atoms. The number of nitrogens with zero attached hydrogens (tertiary/aromatic N) is 2. The lowest BCUT2D eigenvalue weighted by Crippen LogP contribution is -2.26. The van der Waals surface area contributed by atoms with Crippen LogP contribution in [0, 0.1) is 0 Å². The lowest BCUT2D eigenvalue weighted by molar-refractivity contribution is 0.0994. The van der Waals surface area contributed by atoms with Crippen molar-refractivity contribution in [2.24, 2.45) is 0 Å². The van der Waals surface area contributed by atoms with E-state index in [9.17, 15) is 4.79 Å². The predicted octanol–water partition coefficient (Wildman–Crippen LogP) is 3.67. The monoisotopic (exact) mass is 268 g/mol. The van der Waals surface area contributed by atoms with Gasteiger partial charge in [-0.25, -0.2) is 0 Å². The molecule has 104 valence electrons.